The van der Waals surface area contributed by atoms with Crippen LogP contribution in [0.1, 0.15) is 26.3 Å². The first kappa shape index (κ1) is 20.0. The Hall–Kier alpha value is -3.32. The van der Waals surface area contributed by atoms with Crippen LogP contribution in [0.3, 0.4) is 0 Å². The molecule has 0 heterocycles. The SMILES string of the molecule is COC(=O)c1ccc(C(=O)OC)c(NC(=O)N/C=C/c2ccccc2Cl)c1. The molecule has 0 fully saturated rings. The van der Waals surface area contributed by atoms with Crippen molar-refractivity contribution < 1.29 is 23.9 Å². The highest BCUT2D eigenvalue weighted by Crippen LogP contribution is 2.20. The van der Waals surface area contributed by atoms with Gasteiger partial charge in [0.1, 0.15) is 0 Å². The first-order valence-corrected chi connectivity index (χ1v) is 8.13. The van der Waals surface area contributed by atoms with Crippen molar-refractivity contribution in [3.8, 4) is 0 Å². The lowest BCUT2D eigenvalue weighted by atomic mass is 10.1. The van der Waals surface area contributed by atoms with Gasteiger partial charge in [-0.1, -0.05) is 29.8 Å². The Labute approximate surface area is 160 Å². The van der Waals surface area contributed by atoms with E-state index in [0.29, 0.717) is 5.02 Å². The topological polar surface area (TPSA) is 93.7 Å². The highest BCUT2D eigenvalue weighted by Gasteiger charge is 2.17. The summed E-state index contributed by atoms with van der Waals surface area (Å²) in [6, 6.07) is 10.6. The highest BCUT2D eigenvalue weighted by molar-refractivity contribution is 6.32. The van der Waals surface area contributed by atoms with Crippen molar-refractivity contribution in [3.05, 3.63) is 70.4 Å². The zero-order valence-corrected chi connectivity index (χ0v) is 15.4. The third-order valence-corrected chi connectivity index (χ3v) is 3.82. The second kappa shape index (κ2) is 9.40. The molecule has 0 aliphatic rings. The van der Waals surface area contributed by atoms with Crippen LogP contribution in [-0.2, 0) is 9.47 Å². The molecule has 0 aliphatic carbocycles. The minimum atomic E-state index is -0.659. The van der Waals surface area contributed by atoms with Gasteiger partial charge in [-0.25, -0.2) is 14.4 Å². The zero-order valence-electron chi connectivity index (χ0n) is 14.6. The van der Waals surface area contributed by atoms with E-state index >= 15 is 0 Å². The molecule has 2 aromatic rings. The maximum atomic E-state index is 12.1. The van der Waals surface area contributed by atoms with Gasteiger partial charge in [0.05, 0.1) is 31.0 Å². The number of esters is 2. The van der Waals surface area contributed by atoms with Gasteiger partial charge in [-0.3, -0.25) is 0 Å². The van der Waals surface area contributed by atoms with Crippen LogP contribution in [-0.4, -0.2) is 32.2 Å². The number of hydrogen-bond acceptors (Lipinski definition) is 5. The Balaban J connectivity index is 2.16. The van der Waals surface area contributed by atoms with Gasteiger partial charge in [0, 0.05) is 11.2 Å². The molecule has 0 spiro atoms. The molecule has 0 bridgehead atoms. The van der Waals surface area contributed by atoms with Gasteiger partial charge in [-0.15, -0.1) is 0 Å². The summed E-state index contributed by atoms with van der Waals surface area (Å²) in [5.74, 6) is -1.26. The monoisotopic (exact) mass is 388 g/mol. The molecule has 7 nitrogen and oxygen atoms in total. The van der Waals surface area contributed by atoms with Crippen molar-refractivity contribution in [3.63, 3.8) is 0 Å². The van der Waals surface area contributed by atoms with Gasteiger partial charge in [0.15, 0.2) is 0 Å². The van der Waals surface area contributed by atoms with E-state index < -0.39 is 18.0 Å². The third kappa shape index (κ3) is 5.32. The van der Waals surface area contributed by atoms with E-state index in [0.717, 1.165) is 5.56 Å². The summed E-state index contributed by atoms with van der Waals surface area (Å²) in [6.45, 7) is 0. The molecular weight excluding hydrogens is 372 g/mol. The summed E-state index contributed by atoms with van der Waals surface area (Å²) in [7, 11) is 2.45. The minimum Gasteiger partial charge on any atom is -0.465 e. The van der Waals surface area contributed by atoms with Crippen LogP contribution in [0.4, 0.5) is 10.5 Å². The van der Waals surface area contributed by atoms with Crippen LogP contribution in [0.2, 0.25) is 5.02 Å². The summed E-state index contributed by atoms with van der Waals surface area (Å²) in [6.07, 6.45) is 3.02. The Morgan fingerprint density at radius 1 is 1.00 bits per heavy atom. The zero-order chi connectivity index (χ0) is 19.8. The van der Waals surface area contributed by atoms with E-state index in [4.69, 9.17) is 11.6 Å². The van der Waals surface area contributed by atoms with E-state index in [9.17, 15) is 14.4 Å². The molecule has 0 radical (unpaired) electrons. The largest absolute Gasteiger partial charge is 0.465 e. The molecule has 27 heavy (non-hydrogen) atoms. The van der Waals surface area contributed by atoms with Gasteiger partial charge in [0.25, 0.3) is 0 Å². The summed E-state index contributed by atoms with van der Waals surface area (Å²) in [5, 5.41) is 5.54. The van der Waals surface area contributed by atoms with Crippen LogP contribution >= 0.6 is 11.6 Å². The summed E-state index contributed by atoms with van der Waals surface area (Å²) >= 11 is 6.03. The van der Waals surface area contributed by atoms with Gasteiger partial charge in [0.2, 0.25) is 0 Å². The van der Waals surface area contributed by atoms with Crippen molar-refractivity contribution in [1.29, 1.82) is 0 Å². The van der Waals surface area contributed by atoms with E-state index in [-0.39, 0.29) is 16.8 Å². The normalized spacial score (nSPS) is 10.3. The number of methoxy groups -OCH3 is 2. The van der Waals surface area contributed by atoms with Crippen molar-refractivity contribution in [1.82, 2.24) is 5.32 Å². The fraction of sp³-hybridized carbons (Fsp3) is 0.105. The van der Waals surface area contributed by atoms with Crippen LogP contribution < -0.4 is 10.6 Å². The van der Waals surface area contributed by atoms with Crippen molar-refractivity contribution in [2.75, 3.05) is 19.5 Å². The van der Waals surface area contributed by atoms with Crippen LogP contribution in [0.15, 0.2) is 48.7 Å². The first-order valence-electron chi connectivity index (χ1n) is 7.75. The second-order valence-electron chi connectivity index (χ2n) is 5.20. The maximum Gasteiger partial charge on any atom is 0.339 e. The quantitative estimate of drug-likeness (QED) is 0.761. The number of carbonyl (C=O) groups is 3. The second-order valence-corrected chi connectivity index (χ2v) is 5.60. The standard InChI is InChI=1S/C19H17ClN2O5/c1-26-17(23)13-7-8-14(18(24)27-2)16(11-13)22-19(25)21-10-9-12-5-3-4-6-15(12)20/h3-11H,1-2H3,(H2,21,22,25)/b10-9+. The van der Waals surface area contributed by atoms with Crippen LogP contribution in [0, 0.1) is 0 Å². The molecule has 2 amide bonds. The van der Waals surface area contributed by atoms with Gasteiger partial charge in [-0.2, -0.15) is 0 Å². The van der Waals surface area contributed by atoms with Crippen LogP contribution in [0.25, 0.3) is 6.08 Å². The molecule has 0 aromatic heterocycles. The van der Waals surface area contributed by atoms with E-state index in [1.54, 1.807) is 24.3 Å². The predicted molar refractivity (Wildman–Crippen MR) is 102 cm³/mol. The Kier molecular flexibility index (Phi) is 6.96. The average Bonchev–Trinajstić information content (AvgIpc) is 2.68. The molecule has 2 rings (SSSR count). The number of carbonyl (C=O) groups excluding carboxylic acids is 3. The minimum absolute atomic E-state index is 0.0930. The van der Waals surface area contributed by atoms with E-state index in [1.807, 2.05) is 6.07 Å². The molecule has 0 saturated heterocycles. The molecule has 2 N–H and O–H groups in total. The number of rotatable bonds is 5. The van der Waals surface area contributed by atoms with Crippen molar-refractivity contribution >= 4 is 41.3 Å². The molecule has 8 heteroatoms. The lowest BCUT2D eigenvalue weighted by Gasteiger charge is -2.11. The lowest BCUT2D eigenvalue weighted by molar-refractivity contribution is 0.0587. The van der Waals surface area contributed by atoms with Crippen molar-refractivity contribution in [2.24, 2.45) is 0 Å². The average molecular weight is 389 g/mol. The number of anilines is 1. The lowest BCUT2D eigenvalue weighted by Crippen LogP contribution is -2.25. The Bertz CT molecular complexity index is 895. The summed E-state index contributed by atoms with van der Waals surface area (Å²) < 4.78 is 9.32. The van der Waals surface area contributed by atoms with E-state index in [2.05, 4.69) is 20.1 Å². The number of benzene rings is 2. The molecular formula is C19H17ClN2O5. The number of nitrogens with one attached hydrogen (secondary N) is 2. The number of urea groups is 1. The van der Waals surface area contributed by atoms with Crippen molar-refractivity contribution in [2.45, 2.75) is 0 Å². The molecule has 2 aromatic carbocycles. The third-order valence-electron chi connectivity index (χ3n) is 3.48. The number of halogens is 1. The molecule has 0 unspecified atom stereocenters. The Morgan fingerprint density at radius 3 is 2.37 bits per heavy atom. The molecule has 0 aliphatic heterocycles. The molecule has 0 atom stereocenters. The number of ether oxygens (including phenoxy) is 2. The molecule has 140 valence electrons. The van der Waals surface area contributed by atoms with E-state index in [1.165, 1.54) is 38.6 Å². The fourth-order valence-electron chi connectivity index (χ4n) is 2.16. The number of hydrogen-bond donors (Lipinski definition) is 2. The fourth-order valence-corrected chi connectivity index (χ4v) is 2.35. The van der Waals surface area contributed by atoms with Gasteiger partial charge >= 0.3 is 18.0 Å². The molecule has 0 saturated carbocycles. The summed E-state index contributed by atoms with van der Waals surface area (Å²) in [5.41, 5.74) is 1.10. The predicted octanol–water partition coefficient (Wildman–Crippen LogP) is 3.71. The number of amides is 2. The van der Waals surface area contributed by atoms with Gasteiger partial charge in [-0.05, 0) is 35.9 Å². The van der Waals surface area contributed by atoms with Gasteiger partial charge < -0.3 is 20.1 Å². The highest BCUT2D eigenvalue weighted by atomic mass is 35.5. The van der Waals surface area contributed by atoms with Crippen LogP contribution in [0.5, 0.6) is 0 Å². The summed E-state index contributed by atoms with van der Waals surface area (Å²) in [4.78, 5) is 35.7. The first-order chi connectivity index (χ1) is 13.0. The maximum absolute atomic E-state index is 12.1. The Morgan fingerprint density at radius 2 is 1.70 bits per heavy atom. The smallest absolute Gasteiger partial charge is 0.339 e.